The zero-order valence-electron chi connectivity index (χ0n) is 6.75. The lowest BCUT2D eigenvalue weighted by atomic mass is 10.6. The average molecular weight is 177 g/mol. The minimum Gasteiger partial charge on any atom is -0.467 e. The fraction of sp³-hybridized carbons (Fsp3) is 0.125. The summed E-state index contributed by atoms with van der Waals surface area (Å²) < 4.78 is 9.93. The van der Waals surface area contributed by atoms with Gasteiger partial charge in [0, 0.05) is 12.4 Å². The van der Waals surface area contributed by atoms with Gasteiger partial charge in [0.1, 0.15) is 6.61 Å². The van der Waals surface area contributed by atoms with Crippen LogP contribution in [0.2, 0.25) is 0 Å². The molecule has 0 aliphatic heterocycles. The molecule has 0 radical (unpaired) electrons. The summed E-state index contributed by atoms with van der Waals surface area (Å²) in [7, 11) is 0. The molecule has 0 aliphatic carbocycles. The molecule has 0 spiro atoms. The second kappa shape index (κ2) is 3.66. The van der Waals surface area contributed by atoms with Gasteiger partial charge in [-0.15, -0.1) is 0 Å². The van der Waals surface area contributed by atoms with Crippen LogP contribution in [0.25, 0.3) is 0 Å². The van der Waals surface area contributed by atoms with Crippen molar-refractivity contribution >= 4 is 0 Å². The van der Waals surface area contributed by atoms with Gasteiger partial charge in [-0.25, -0.2) is 9.97 Å². The number of oxazole rings is 1. The Balaban J connectivity index is 1.94. The maximum absolute atomic E-state index is 5.20. The van der Waals surface area contributed by atoms with E-state index in [1.807, 2.05) is 0 Å². The van der Waals surface area contributed by atoms with Crippen LogP contribution in [-0.4, -0.2) is 15.0 Å². The van der Waals surface area contributed by atoms with Crippen LogP contribution in [-0.2, 0) is 6.61 Å². The molecule has 5 nitrogen and oxygen atoms in total. The van der Waals surface area contributed by atoms with Crippen molar-refractivity contribution in [3.63, 3.8) is 0 Å². The van der Waals surface area contributed by atoms with Crippen LogP contribution in [0.1, 0.15) is 5.82 Å². The lowest BCUT2D eigenvalue weighted by Gasteiger charge is -1.98. The van der Waals surface area contributed by atoms with Crippen LogP contribution in [0.3, 0.4) is 0 Å². The normalized spacial score (nSPS) is 9.85. The minimum absolute atomic E-state index is 0.299. The van der Waals surface area contributed by atoms with Gasteiger partial charge in [0.15, 0.2) is 18.5 Å². The Morgan fingerprint density at radius 2 is 2.08 bits per heavy atom. The number of hydrogen-bond acceptors (Lipinski definition) is 5. The van der Waals surface area contributed by atoms with E-state index < -0.39 is 0 Å². The molecular weight excluding hydrogens is 170 g/mol. The van der Waals surface area contributed by atoms with Crippen LogP contribution in [0.4, 0.5) is 0 Å². The second-order valence-electron chi connectivity index (χ2n) is 2.28. The predicted octanol–water partition coefficient (Wildman–Crippen LogP) is 1.04. The first-order valence-corrected chi connectivity index (χ1v) is 3.72. The van der Waals surface area contributed by atoms with E-state index in [0.717, 1.165) is 0 Å². The van der Waals surface area contributed by atoms with E-state index >= 15 is 0 Å². The monoisotopic (exact) mass is 177 g/mol. The first-order valence-electron chi connectivity index (χ1n) is 3.72. The van der Waals surface area contributed by atoms with Gasteiger partial charge in [-0.2, -0.15) is 4.98 Å². The molecule has 0 amide bonds. The topological polar surface area (TPSA) is 61.0 Å². The summed E-state index contributed by atoms with van der Waals surface area (Å²) in [6.45, 7) is 0.299. The number of rotatable bonds is 3. The van der Waals surface area contributed by atoms with E-state index in [0.29, 0.717) is 18.3 Å². The van der Waals surface area contributed by atoms with Crippen molar-refractivity contribution in [3.8, 4) is 5.88 Å². The Hall–Kier alpha value is -1.91. The molecule has 0 aromatic carbocycles. The highest BCUT2D eigenvalue weighted by atomic mass is 16.5. The van der Waals surface area contributed by atoms with Crippen LogP contribution < -0.4 is 4.74 Å². The molecular formula is C8H7N3O2. The third kappa shape index (κ3) is 2.02. The van der Waals surface area contributed by atoms with Gasteiger partial charge in [0.25, 0.3) is 5.88 Å². The summed E-state index contributed by atoms with van der Waals surface area (Å²) >= 11 is 0. The zero-order chi connectivity index (χ0) is 8.93. The van der Waals surface area contributed by atoms with Crippen LogP contribution in [0, 0.1) is 0 Å². The smallest absolute Gasteiger partial charge is 0.253 e. The maximum atomic E-state index is 5.20. The van der Waals surface area contributed by atoms with E-state index in [2.05, 4.69) is 15.0 Å². The summed E-state index contributed by atoms with van der Waals surface area (Å²) in [5.41, 5.74) is 0. The first kappa shape index (κ1) is 7.72. The molecule has 0 saturated carbocycles. The lowest BCUT2D eigenvalue weighted by molar-refractivity contribution is 0.283. The van der Waals surface area contributed by atoms with Crippen molar-refractivity contribution in [2.45, 2.75) is 6.61 Å². The van der Waals surface area contributed by atoms with Crippen molar-refractivity contribution in [2.24, 2.45) is 0 Å². The Labute approximate surface area is 74.4 Å². The van der Waals surface area contributed by atoms with Crippen molar-refractivity contribution in [1.29, 1.82) is 0 Å². The van der Waals surface area contributed by atoms with Crippen molar-refractivity contribution < 1.29 is 9.15 Å². The molecule has 13 heavy (non-hydrogen) atoms. The summed E-state index contributed by atoms with van der Waals surface area (Å²) in [5.74, 6) is 1.05. The summed E-state index contributed by atoms with van der Waals surface area (Å²) in [4.78, 5) is 11.8. The zero-order valence-corrected chi connectivity index (χ0v) is 6.75. The van der Waals surface area contributed by atoms with E-state index in [9.17, 15) is 0 Å². The standard InChI is InChI=1S/C8H7N3O2/c1-2-9-7(10-3-1)4-13-8-5-12-6-11-8/h1-3,5-6H,4H2. The Morgan fingerprint density at radius 3 is 2.77 bits per heavy atom. The van der Waals surface area contributed by atoms with E-state index in [1.54, 1.807) is 18.5 Å². The van der Waals surface area contributed by atoms with Crippen LogP contribution >= 0.6 is 0 Å². The van der Waals surface area contributed by atoms with Gasteiger partial charge in [0.05, 0.1) is 0 Å². The molecule has 0 N–H and O–H groups in total. The molecule has 66 valence electrons. The van der Waals surface area contributed by atoms with Gasteiger partial charge >= 0.3 is 0 Å². The molecule has 0 unspecified atom stereocenters. The maximum Gasteiger partial charge on any atom is 0.253 e. The number of nitrogens with zero attached hydrogens (tertiary/aromatic N) is 3. The van der Waals surface area contributed by atoms with E-state index in [-0.39, 0.29) is 0 Å². The Kier molecular flexibility index (Phi) is 2.18. The summed E-state index contributed by atoms with van der Waals surface area (Å²) in [5, 5.41) is 0. The third-order valence-corrected chi connectivity index (χ3v) is 1.38. The van der Waals surface area contributed by atoms with Gasteiger partial charge in [-0.3, -0.25) is 0 Å². The number of hydrogen-bond donors (Lipinski definition) is 0. The molecule has 2 aromatic rings. The summed E-state index contributed by atoms with van der Waals surface area (Å²) in [6.07, 6.45) is 6.05. The number of aromatic nitrogens is 3. The summed E-state index contributed by atoms with van der Waals surface area (Å²) in [6, 6.07) is 1.75. The van der Waals surface area contributed by atoms with Crippen LogP contribution in [0.15, 0.2) is 35.5 Å². The lowest BCUT2D eigenvalue weighted by Crippen LogP contribution is -2.00. The van der Waals surface area contributed by atoms with Crippen molar-refractivity contribution in [1.82, 2.24) is 15.0 Å². The quantitative estimate of drug-likeness (QED) is 0.701. The largest absolute Gasteiger partial charge is 0.467 e. The van der Waals surface area contributed by atoms with Gasteiger partial charge in [-0.1, -0.05) is 0 Å². The molecule has 0 atom stereocenters. The molecule has 0 saturated heterocycles. The third-order valence-electron chi connectivity index (χ3n) is 1.38. The van der Waals surface area contributed by atoms with Gasteiger partial charge in [-0.05, 0) is 6.07 Å². The minimum atomic E-state index is 0.299. The molecule has 5 heteroatoms. The van der Waals surface area contributed by atoms with Crippen molar-refractivity contribution in [2.75, 3.05) is 0 Å². The fourth-order valence-corrected chi connectivity index (χ4v) is 0.816. The van der Waals surface area contributed by atoms with E-state index in [1.165, 1.54) is 12.7 Å². The predicted molar refractivity (Wildman–Crippen MR) is 42.9 cm³/mol. The van der Waals surface area contributed by atoms with Crippen LogP contribution in [0.5, 0.6) is 5.88 Å². The van der Waals surface area contributed by atoms with Gasteiger partial charge in [0.2, 0.25) is 0 Å². The molecule has 2 aromatic heterocycles. The molecule has 0 bridgehead atoms. The van der Waals surface area contributed by atoms with Crippen molar-refractivity contribution in [3.05, 3.63) is 36.9 Å². The molecule has 2 heterocycles. The highest BCUT2D eigenvalue weighted by Gasteiger charge is 1.98. The highest BCUT2D eigenvalue weighted by molar-refractivity contribution is 4.99. The molecule has 0 aliphatic rings. The SMILES string of the molecule is c1cnc(COc2cocn2)nc1. The first-order chi connectivity index (χ1) is 6.45. The van der Waals surface area contributed by atoms with Gasteiger partial charge < -0.3 is 9.15 Å². The van der Waals surface area contributed by atoms with E-state index in [4.69, 9.17) is 9.15 Å². The highest BCUT2D eigenvalue weighted by Crippen LogP contribution is 2.05. The second-order valence-corrected chi connectivity index (χ2v) is 2.28. The number of ether oxygens (including phenoxy) is 1. The Bertz CT molecular complexity index is 347. The molecule has 2 rings (SSSR count). The fourth-order valence-electron chi connectivity index (χ4n) is 0.816. The molecule has 0 fully saturated rings. The average Bonchev–Trinajstić information content (AvgIpc) is 2.69. The Morgan fingerprint density at radius 1 is 1.23 bits per heavy atom.